The molecule has 2 N–H and O–H groups in total. The van der Waals surface area contributed by atoms with Gasteiger partial charge in [-0.25, -0.2) is 0 Å². The number of para-hydroxylation sites is 1. The molecule has 0 aliphatic carbocycles. The number of pyridine rings is 1. The Hall–Kier alpha value is -2.98. The fourth-order valence-electron chi connectivity index (χ4n) is 2.66. The van der Waals surface area contributed by atoms with Crippen LogP contribution in [0, 0.1) is 0 Å². The van der Waals surface area contributed by atoms with E-state index in [-0.39, 0.29) is 12.5 Å². The van der Waals surface area contributed by atoms with Crippen LogP contribution in [0.2, 0.25) is 0 Å². The maximum Gasteiger partial charge on any atom is 0.244 e. The SMILES string of the molecule is O=C(/C=C/c1ccnc2ccccc12)NCC(O)Cc1ccccc1. The fraction of sp³-hybridized carbons (Fsp3) is 0.143. The third-order valence-corrected chi connectivity index (χ3v) is 3.92. The minimum absolute atomic E-state index is 0.217. The van der Waals surface area contributed by atoms with Crippen molar-refractivity contribution in [3.63, 3.8) is 0 Å². The zero-order valence-corrected chi connectivity index (χ0v) is 13.8. The number of amides is 1. The van der Waals surface area contributed by atoms with Crippen LogP contribution in [-0.4, -0.2) is 28.6 Å². The molecule has 1 aromatic heterocycles. The molecule has 0 saturated heterocycles. The Morgan fingerprint density at radius 2 is 1.84 bits per heavy atom. The van der Waals surface area contributed by atoms with Crippen LogP contribution in [0.25, 0.3) is 17.0 Å². The molecule has 1 atom stereocenters. The summed E-state index contributed by atoms with van der Waals surface area (Å²) < 4.78 is 0. The Bertz CT molecular complexity index is 870. The number of fused-ring (bicyclic) bond motifs is 1. The predicted octanol–water partition coefficient (Wildman–Crippen LogP) is 2.97. The largest absolute Gasteiger partial charge is 0.391 e. The molecule has 0 aliphatic heterocycles. The molecule has 0 saturated carbocycles. The second kappa shape index (κ2) is 8.22. The van der Waals surface area contributed by atoms with Crippen molar-refractivity contribution in [1.29, 1.82) is 0 Å². The second-order valence-electron chi connectivity index (χ2n) is 5.84. The minimum atomic E-state index is -0.610. The van der Waals surface area contributed by atoms with Crippen molar-refractivity contribution in [2.45, 2.75) is 12.5 Å². The number of hydrogen-bond acceptors (Lipinski definition) is 3. The zero-order chi connectivity index (χ0) is 17.5. The van der Waals surface area contributed by atoms with Crippen molar-refractivity contribution in [1.82, 2.24) is 10.3 Å². The highest BCUT2D eigenvalue weighted by Crippen LogP contribution is 2.17. The van der Waals surface area contributed by atoms with Gasteiger partial charge < -0.3 is 10.4 Å². The number of nitrogens with zero attached hydrogens (tertiary/aromatic N) is 1. The van der Waals surface area contributed by atoms with Crippen molar-refractivity contribution in [2.75, 3.05) is 6.54 Å². The number of benzene rings is 2. The number of carbonyl (C=O) groups excluding carboxylic acids is 1. The van der Waals surface area contributed by atoms with Crippen molar-refractivity contribution in [3.05, 3.63) is 84.1 Å². The van der Waals surface area contributed by atoms with Crippen molar-refractivity contribution >= 4 is 22.9 Å². The number of aliphatic hydroxyl groups is 1. The molecule has 1 heterocycles. The molecule has 0 aliphatic rings. The van der Waals surface area contributed by atoms with Gasteiger partial charge in [0.1, 0.15) is 0 Å². The number of aromatic nitrogens is 1. The lowest BCUT2D eigenvalue weighted by atomic mass is 10.1. The first-order valence-electron chi connectivity index (χ1n) is 8.24. The first-order valence-corrected chi connectivity index (χ1v) is 8.24. The molecule has 0 radical (unpaired) electrons. The van der Waals surface area contributed by atoms with Crippen LogP contribution in [0.4, 0.5) is 0 Å². The maximum atomic E-state index is 12.0. The van der Waals surface area contributed by atoms with Gasteiger partial charge in [-0.05, 0) is 29.3 Å². The van der Waals surface area contributed by atoms with E-state index < -0.39 is 6.10 Å². The Kier molecular flexibility index (Phi) is 5.54. The zero-order valence-electron chi connectivity index (χ0n) is 13.8. The summed E-state index contributed by atoms with van der Waals surface area (Å²) >= 11 is 0. The number of carbonyl (C=O) groups is 1. The number of aliphatic hydroxyl groups excluding tert-OH is 1. The molecular formula is C21H20N2O2. The Labute approximate surface area is 146 Å². The standard InChI is InChI=1S/C21H20N2O2/c24-18(14-16-6-2-1-3-7-16)15-23-21(25)11-10-17-12-13-22-20-9-5-4-8-19(17)20/h1-13,18,24H,14-15H2,(H,23,25)/b11-10+. The molecule has 0 fully saturated rings. The lowest BCUT2D eigenvalue weighted by molar-refractivity contribution is -0.116. The van der Waals surface area contributed by atoms with E-state index >= 15 is 0 Å². The average Bonchev–Trinajstić information content (AvgIpc) is 2.65. The van der Waals surface area contributed by atoms with E-state index in [1.54, 1.807) is 12.3 Å². The van der Waals surface area contributed by atoms with Gasteiger partial charge in [-0.1, -0.05) is 48.5 Å². The molecule has 2 aromatic carbocycles. The highest BCUT2D eigenvalue weighted by atomic mass is 16.3. The summed E-state index contributed by atoms with van der Waals surface area (Å²) in [6.45, 7) is 0.217. The summed E-state index contributed by atoms with van der Waals surface area (Å²) in [5, 5.41) is 13.8. The fourth-order valence-corrected chi connectivity index (χ4v) is 2.66. The van der Waals surface area contributed by atoms with Gasteiger partial charge in [0.15, 0.2) is 0 Å². The van der Waals surface area contributed by atoms with Crippen LogP contribution in [0.3, 0.4) is 0 Å². The van der Waals surface area contributed by atoms with E-state index in [0.717, 1.165) is 22.0 Å². The average molecular weight is 332 g/mol. The molecule has 1 amide bonds. The first-order chi connectivity index (χ1) is 12.2. The van der Waals surface area contributed by atoms with Crippen molar-refractivity contribution in [3.8, 4) is 0 Å². The Morgan fingerprint density at radius 3 is 2.68 bits per heavy atom. The van der Waals surface area contributed by atoms with Gasteiger partial charge in [-0.15, -0.1) is 0 Å². The van der Waals surface area contributed by atoms with E-state index in [0.29, 0.717) is 6.42 Å². The van der Waals surface area contributed by atoms with E-state index in [1.807, 2.05) is 60.7 Å². The molecule has 4 nitrogen and oxygen atoms in total. The molecule has 3 aromatic rings. The van der Waals surface area contributed by atoms with Gasteiger partial charge in [0.25, 0.3) is 0 Å². The van der Waals surface area contributed by atoms with Gasteiger partial charge in [-0.3, -0.25) is 9.78 Å². The van der Waals surface area contributed by atoms with Crippen LogP contribution >= 0.6 is 0 Å². The van der Waals surface area contributed by atoms with Gasteiger partial charge in [-0.2, -0.15) is 0 Å². The lowest BCUT2D eigenvalue weighted by Gasteiger charge is -2.11. The molecule has 0 bridgehead atoms. The first kappa shape index (κ1) is 16.9. The predicted molar refractivity (Wildman–Crippen MR) is 99.9 cm³/mol. The summed E-state index contributed by atoms with van der Waals surface area (Å²) in [5.41, 5.74) is 2.87. The molecule has 126 valence electrons. The minimum Gasteiger partial charge on any atom is -0.391 e. The van der Waals surface area contributed by atoms with Crippen LogP contribution in [0.1, 0.15) is 11.1 Å². The van der Waals surface area contributed by atoms with Crippen molar-refractivity contribution < 1.29 is 9.90 Å². The van der Waals surface area contributed by atoms with Crippen LogP contribution in [0.15, 0.2) is 72.9 Å². The van der Waals surface area contributed by atoms with Crippen LogP contribution in [0.5, 0.6) is 0 Å². The van der Waals surface area contributed by atoms with E-state index in [1.165, 1.54) is 6.08 Å². The maximum absolute atomic E-state index is 12.0. The second-order valence-corrected chi connectivity index (χ2v) is 5.84. The summed E-state index contributed by atoms with van der Waals surface area (Å²) in [4.78, 5) is 16.3. The third kappa shape index (κ3) is 4.75. The highest BCUT2D eigenvalue weighted by molar-refractivity contribution is 5.95. The smallest absolute Gasteiger partial charge is 0.244 e. The summed E-state index contributed by atoms with van der Waals surface area (Å²) in [6, 6.07) is 19.4. The van der Waals surface area contributed by atoms with Crippen molar-refractivity contribution in [2.24, 2.45) is 0 Å². The monoisotopic (exact) mass is 332 g/mol. The summed E-state index contributed by atoms with van der Waals surface area (Å²) in [6.07, 6.45) is 4.88. The van der Waals surface area contributed by atoms with Gasteiger partial charge in [0.2, 0.25) is 5.91 Å². The molecule has 4 heteroatoms. The topological polar surface area (TPSA) is 62.2 Å². The Balaban J connectivity index is 1.56. The normalized spacial score (nSPS) is 12.4. The van der Waals surface area contributed by atoms with E-state index in [9.17, 15) is 9.90 Å². The summed E-state index contributed by atoms with van der Waals surface area (Å²) in [5.74, 6) is -0.229. The quantitative estimate of drug-likeness (QED) is 0.682. The summed E-state index contributed by atoms with van der Waals surface area (Å²) in [7, 11) is 0. The van der Waals surface area contributed by atoms with Gasteiger partial charge in [0, 0.05) is 30.6 Å². The highest BCUT2D eigenvalue weighted by Gasteiger charge is 2.06. The Morgan fingerprint density at radius 1 is 1.08 bits per heavy atom. The number of nitrogens with one attached hydrogen (secondary N) is 1. The molecule has 1 unspecified atom stereocenters. The van der Waals surface area contributed by atoms with Gasteiger partial charge >= 0.3 is 0 Å². The van der Waals surface area contributed by atoms with E-state index in [4.69, 9.17) is 0 Å². The molecule has 25 heavy (non-hydrogen) atoms. The van der Waals surface area contributed by atoms with Gasteiger partial charge in [0.05, 0.1) is 11.6 Å². The molecule has 3 rings (SSSR count). The number of hydrogen-bond donors (Lipinski definition) is 2. The lowest BCUT2D eigenvalue weighted by Crippen LogP contribution is -2.32. The number of rotatable bonds is 6. The van der Waals surface area contributed by atoms with E-state index in [2.05, 4.69) is 10.3 Å². The van der Waals surface area contributed by atoms with Crippen LogP contribution < -0.4 is 5.32 Å². The van der Waals surface area contributed by atoms with Crippen LogP contribution in [-0.2, 0) is 11.2 Å². The third-order valence-electron chi connectivity index (χ3n) is 3.92. The molecular weight excluding hydrogens is 312 g/mol. The molecule has 0 spiro atoms.